The highest BCUT2D eigenvalue weighted by Crippen LogP contribution is 2.21. The summed E-state index contributed by atoms with van der Waals surface area (Å²) >= 11 is 0. The van der Waals surface area contributed by atoms with Gasteiger partial charge in [0.2, 0.25) is 0 Å². The fourth-order valence-electron chi connectivity index (χ4n) is 2.12. The second kappa shape index (κ2) is 7.72. The lowest BCUT2D eigenvalue weighted by Gasteiger charge is -2.09. The van der Waals surface area contributed by atoms with E-state index in [1.165, 1.54) is 4.68 Å². The summed E-state index contributed by atoms with van der Waals surface area (Å²) in [6.45, 7) is 1.78. The molecular weight excluding hydrogens is 282 g/mol. The van der Waals surface area contributed by atoms with E-state index < -0.39 is 0 Å². The summed E-state index contributed by atoms with van der Waals surface area (Å²) < 4.78 is 11.6. The van der Waals surface area contributed by atoms with Gasteiger partial charge in [0.05, 0.1) is 19.4 Å². The second-order valence-corrected chi connectivity index (χ2v) is 4.89. The molecule has 118 valence electrons. The number of aromatic nitrogens is 2. The van der Waals surface area contributed by atoms with Gasteiger partial charge in [-0.2, -0.15) is 5.10 Å². The van der Waals surface area contributed by atoms with Gasteiger partial charge in [0, 0.05) is 38.4 Å². The zero-order valence-corrected chi connectivity index (χ0v) is 13.1. The number of hydrogen-bond donors (Lipinski definition) is 1. The molecule has 0 saturated carbocycles. The summed E-state index contributed by atoms with van der Waals surface area (Å²) in [5.74, 6) is 0.757. The van der Waals surface area contributed by atoms with E-state index >= 15 is 0 Å². The lowest BCUT2D eigenvalue weighted by atomic mass is 10.1. The Morgan fingerprint density at radius 1 is 1.27 bits per heavy atom. The average molecular weight is 303 g/mol. The van der Waals surface area contributed by atoms with Gasteiger partial charge in [-0.25, -0.2) is 4.68 Å². The maximum atomic E-state index is 12.1. The molecule has 6 heteroatoms. The molecule has 0 unspecified atom stereocenters. The Morgan fingerprint density at radius 3 is 2.82 bits per heavy atom. The van der Waals surface area contributed by atoms with E-state index in [0.29, 0.717) is 25.3 Å². The van der Waals surface area contributed by atoms with E-state index in [-0.39, 0.29) is 5.56 Å². The molecule has 1 aromatic heterocycles. The molecule has 2 rings (SSSR count). The Hall–Kier alpha value is -2.18. The maximum Gasteiger partial charge on any atom is 0.271 e. The number of methoxy groups -OCH3 is 2. The Labute approximate surface area is 129 Å². The highest BCUT2D eigenvalue weighted by Gasteiger charge is 2.08. The molecule has 0 fully saturated rings. The third-order valence-electron chi connectivity index (χ3n) is 3.30. The molecule has 1 N–H and O–H groups in total. The minimum absolute atomic E-state index is 0.100. The summed E-state index contributed by atoms with van der Waals surface area (Å²) in [7, 11) is 4.93. The SMILES string of the molecule is COCCNCc1cc(-c2cccc(OC)c2)nn(C)c1=O. The van der Waals surface area contributed by atoms with Crippen molar-refractivity contribution in [1.29, 1.82) is 0 Å². The number of hydrogen-bond acceptors (Lipinski definition) is 5. The van der Waals surface area contributed by atoms with Crippen molar-refractivity contribution in [3.8, 4) is 17.0 Å². The van der Waals surface area contributed by atoms with E-state index in [2.05, 4.69) is 10.4 Å². The summed E-state index contributed by atoms with van der Waals surface area (Å²) in [6, 6.07) is 9.43. The van der Waals surface area contributed by atoms with Gasteiger partial charge >= 0.3 is 0 Å². The molecule has 0 spiro atoms. The zero-order chi connectivity index (χ0) is 15.9. The molecule has 0 amide bonds. The lowest BCUT2D eigenvalue weighted by Crippen LogP contribution is -2.28. The van der Waals surface area contributed by atoms with Crippen molar-refractivity contribution >= 4 is 0 Å². The van der Waals surface area contributed by atoms with Crippen molar-refractivity contribution in [3.63, 3.8) is 0 Å². The maximum absolute atomic E-state index is 12.1. The third kappa shape index (κ3) is 3.93. The summed E-state index contributed by atoms with van der Waals surface area (Å²) in [6.07, 6.45) is 0. The van der Waals surface area contributed by atoms with Crippen molar-refractivity contribution in [3.05, 3.63) is 46.2 Å². The largest absolute Gasteiger partial charge is 0.497 e. The molecule has 1 aromatic carbocycles. The molecule has 0 bridgehead atoms. The summed E-state index contributed by atoms with van der Waals surface area (Å²) in [5, 5.41) is 7.50. The van der Waals surface area contributed by atoms with Crippen molar-refractivity contribution in [2.75, 3.05) is 27.4 Å². The van der Waals surface area contributed by atoms with Gasteiger partial charge in [0.25, 0.3) is 5.56 Å². The molecule has 0 aliphatic rings. The van der Waals surface area contributed by atoms with Crippen molar-refractivity contribution < 1.29 is 9.47 Å². The van der Waals surface area contributed by atoms with Crippen LogP contribution in [0.4, 0.5) is 0 Å². The molecule has 6 nitrogen and oxygen atoms in total. The number of nitrogens with zero attached hydrogens (tertiary/aromatic N) is 2. The van der Waals surface area contributed by atoms with Crippen LogP contribution >= 0.6 is 0 Å². The second-order valence-electron chi connectivity index (χ2n) is 4.89. The third-order valence-corrected chi connectivity index (χ3v) is 3.30. The lowest BCUT2D eigenvalue weighted by molar-refractivity contribution is 0.199. The highest BCUT2D eigenvalue weighted by molar-refractivity contribution is 5.61. The predicted molar refractivity (Wildman–Crippen MR) is 85.0 cm³/mol. The Kier molecular flexibility index (Phi) is 5.68. The standard InChI is InChI=1S/C16H21N3O3/c1-19-16(20)13(11-17-7-8-21-2)10-15(18-19)12-5-4-6-14(9-12)22-3/h4-6,9-10,17H,7-8,11H2,1-3H3. The van der Waals surface area contributed by atoms with Gasteiger partial charge in [0.15, 0.2) is 0 Å². The fraction of sp³-hybridized carbons (Fsp3) is 0.375. The van der Waals surface area contributed by atoms with Crippen LogP contribution in [0, 0.1) is 0 Å². The number of rotatable bonds is 7. The summed E-state index contributed by atoms with van der Waals surface area (Å²) in [4.78, 5) is 12.1. The average Bonchev–Trinajstić information content (AvgIpc) is 2.55. The molecule has 0 radical (unpaired) electrons. The molecular formula is C16H21N3O3. The molecule has 2 aromatic rings. The molecule has 0 aliphatic heterocycles. The van der Waals surface area contributed by atoms with Crippen molar-refractivity contribution in [1.82, 2.24) is 15.1 Å². The molecule has 0 atom stereocenters. The topological polar surface area (TPSA) is 65.4 Å². The van der Waals surface area contributed by atoms with Crippen LogP contribution in [0.5, 0.6) is 5.75 Å². The first-order chi connectivity index (χ1) is 10.7. The first kappa shape index (κ1) is 16.2. The van der Waals surface area contributed by atoms with Gasteiger partial charge < -0.3 is 14.8 Å². The van der Waals surface area contributed by atoms with Crippen LogP contribution < -0.4 is 15.6 Å². The van der Waals surface area contributed by atoms with Crippen LogP contribution in [0.25, 0.3) is 11.3 Å². The van der Waals surface area contributed by atoms with Gasteiger partial charge in [0.1, 0.15) is 5.75 Å². The fourth-order valence-corrected chi connectivity index (χ4v) is 2.12. The van der Waals surface area contributed by atoms with E-state index in [1.807, 2.05) is 30.3 Å². The molecule has 0 aliphatic carbocycles. The monoisotopic (exact) mass is 303 g/mol. The summed E-state index contributed by atoms with van der Waals surface area (Å²) in [5.41, 5.74) is 2.22. The molecule has 0 saturated heterocycles. The quantitative estimate of drug-likeness (QED) is 0.778. The highest BCUT2D eigenvalue weighted by atomic mass is 16.5. The first-order valence-corrected chi connectivity index (χ1v) is 7.07. The minimum Gasteiger partial charge on any atom is -0.497 e. The van der Waals surface area contributed by atoms with Crippen LogP contribution in [0.1, 0.15) is 5.56 Å². The van der Waals surface area contributed by atoms with Crippen LogP contribution in [0.3, 0.4) is 0 Å². The number of aryl methyl sites for hydroxylation is 1. The van der Waals surface area contributed by atoms with Gasteiger partial charge in [-0.05, 0) is 18.2 Å². The smallest absolute Gasteiger partial charge is 0.271 e. The van der Waals surface area contributed by atoms with Gasteiger partial charge in [-0.3, -0.25) is 4.79 Å². The van der Waals surface area contributed by atoms with Crippen LogP contribution in [0.15, 0.2) is 35.1 Å². The first-order valence-electron chi connectivity index (χ1n) is 7.07. The van der Waals surface area contributed by atoms with Crippen LogP contribution in [0.2, 0.25) is 0 Å². The number of ether oxygens (including phenoxy) is 2. The Bertz CT molecular complexity index is 683. The Morgan fingerprint density at radius 2 is 2.09 bits per heavy atom. The van der Waals surface area contributed by atoms with E-state index in [9.17, 15) is 4.79 Å². The minimum atomic E-state index is -0.100. The van der Waals surface area contributed by atoms with E-state index in [0.717, 1.165) is 17.0 Å². The number of benzene rings is 1. The number of nitrogens with one attached hydrogen (secondary N) is 1. The van der Waals surface area contributed by atoms with E-state index in [4.69, 9.17) is 9.47 Å². The predicted octanol–water partition coefficient (Wildman–Crippen LogP) is 1.19. The Balaban J connectivity index is 2.28. The van der Waals surface area contributed by atoms with Crippen molar-refractivity contribution in [2.45, 2.75) is 6.54 Å². The zero-order valence-electron chi connectivity index (χ0n) is 13.1. The molecule has 1 heterocycles. The van der Waals surface area contributed by atoms with Crippen molar-refractivity contribution in [2.24, 2.45) is 7.05 Å². The van der Waals surface area contributed by atoms with Gasteiger partial charge in [-0.15, -0.1) is 0 Å². The normalized spacial score (nSPS) is 10.7. The van der Waals surface area contributed by atoms with Crippen LogP contribution in [-0.2, 0) is 18.3 Å². The van der Waals surface area contributed by atoms with Crippen LogP contribution in [-0.4, -0.2) is 37.2 Å². The molecule has 22 heavy (non-hydrogen) atoms. The van der Waals surface area contributed by atoms with Gasteiger partial charge in [-0.1, -0.05) is 12.1 Å². The van der Waals surface area contributed by atoms with E-state index in [1.54, 1.807) is 21.3 Å².